The van der Waals surface area contributed by atoms with Gasteiger partial charge in [-0.05, 0) is 53.0 Å². The number of fused-ring (bicyclic) bond motifs is 2. The first-order chi connectivity index (χ1) is 13.5. The van der Waals surface area contributed by atoms with Gasteiger partial charge in [-0.2, -0.15) is 0 Å². The van der Waals surface area contributed by atoms with Crippen LogP contribution in [0.4, 0.5) is 4.39 Å². The smallest absolute Gasteiger partial charge is 0.268 e. The Bertz CT molecular complexity index is 1200. The number of aryl methyl sites for hydroxylation is 1. The van der Waals surface area contributed by atoms with Crippen molar-refractivity contribution < 1.29 is 13.6 Å². The van der Waals surface area contributed by atoms with Gasteiger partial charge in [0.2, 0.25) is 0 Å². The van der Waals surface area contributed by atoms with E-state index in [0.717, 1.165) is 27.7 Å². The normalized spacial score (nSPS) is 11.4. The maximum Gasteiger partial charge on any atom is 0.268 e. The Hall–Kier alpha value is -2.80. The molecule has 28 heavy (non-hydrogen) atoms. The van der Waals surface area contributed by atoms with Crippen LogP contribution in [0.5, 0.6) is 0 Å². The van der Waals surface area contributed by atoms with Crippen molar-refractivity contribution in [3.05, 3.63) is 70.4 Å². The number of aromatic nitrogens is 2. The summed E-state index contributed by atoms with van der Waals surface area (Å²) in [6.45, 7) is 6.65. The highest BCUT2D eigenvalue weighted by molar-refractivity contribution is 9.10. The first kappa shape index (κ1) is 18.6. The van der Waals surface area contributed by atoms with Crippen LogP contribution in [0.25, 0.3) is 22.0 Å². The molecule has 0 unspecified atom stereocenters. The molecule has 144 valence electrons. The van der Waals surface area contributed by atoms with Crippen LogP contribution in [-0.2, 0) is 13.0 Å². The van der Waals surface area contributed by atoms with Crippen molar-refractivity contribution in [1.82, 2.24) is 14.9 Å². The monoisotopic (exact) mass is 443 g/mol. The molecule has 3 heterocycles. The topological polar surface area (TPSA) is 63.0 Å². The van der Waals surface area contributed by atoms with Gasteiger partial charge in [-0.3, -0.25) is 4.79 Å². The summed E-state index contributed by atoms with van der Waals surface area (Å²) in [6, 6.07) is 8.25. The Morgan fingerprint density at radius 2 is 2.21 bits per heavy atom. The lowest BCUT2D eigenvalue weighted by atomic mass is 10.1. The number of H-pyrrole nitrogens is 1. The van der Waals surface area contributed by atoms with Gasteiger partial charge >= 0.3 is 0 Å². The van der Waals surface area contributed by atoms with Crippen molar-refractivity contribution in [3.63, 3.8) is 0 Å². The molecule has 0 aliphatic heterocycles. The number of aromatic amines is 1. The summed E-state index contributed by atoms with van der Waals surface area (Å²) in [7, 11) is 0. The summed E-state index contributed by atoms with van der Waals surface area (Å²) < 4.78 is 21.6. The molecule has 7 heteroatoms. The van der Waals surface area contributed by atoms with Gasteiger partial charge in [0.1, 0.15) is 11.5 Å². The maximum atomic E-state index is 13.6. The quantitative estimate of drug-likeness (QED) is 0.408. The first-order valence-corrected chi connectivity index (χ1v) is 9.71. The molecule has 4 aromatic rings. The Kier molecular flexibility index (Phi) is 4.85. The minimum atomic E-state index is -0.271. The lowest BCUT2D eigenvalue weighted by molar-refractivity contribution is 0.0945. The van der Waals surface area contributed by atoms with Crippen LogP contribution < -0.4 is 5.32 Å². The van der Waals surface area contributed by atoms with E-state index in [1.54, 1.807) is 18.2 Å². The third-order valence-corrected chi connectivity index (χ3v) is 5.24. The highest BCUT2D eigenvalue weighted by Crippen LogP contribution is 2.27. The summed E-state index contributed by atoms with van der Waals surface area (Å²) >= 11 is 3.31. The molecule has 1 aromatic carbocycles. The third kappa shape index (κ3) is 3.26. The standard InChI is InChI=1S/C21H19BrFN3O2/c1-3-8-26-17-11-20(22)28-19(17)10-18(26)21(27)24-7-6-14-12(2)25-16-5-4-13(23)9-15(14)16/h3-5,9-11,25H,1,6-8H2,2H3,(H,24,27). The van der Waals surface area contributed by atoms with Gasteiger partial charge in [-0.1, -0.05) is 6.08 Å². The van der Waals surface area contributed by atoms with Crippen molar-refractivity contribution >= 4 is 43.8 Å². The van der Waals surface area contributed by atoms with Crippen LogP contribution in [0.1, 0.15) is 21.7 Å². The number of halogens is 2. The largest absolute Gasteiger partial charge is 0.448 e. The molecule has 3 aromatic heterocycles. The van der Waals surface area contributed by atoms with E-state index in [4.69, 9.17) is 4.42 Å². The second-order valence-electron chi connectivity index (χ2n) is 6.65. The summed E-state index contributed by atoms with van der Waals surface area (Å²) in [6.07, 6.45) is 2.34. The van der Waals surface area contributed by atoms with E-state index in [0.29, 0.717) is 35.5 Å². The van der Waals surface area contributed by atoms with Gasteiger partial charge < -0.3 is 19.3 Å². The molecule has 5 nitrogen and oxygen atoms in total. The molecule has 0 saturated carbocycles. The van der Waals surface area contributed by atoms with Crippen LogP contribution in [-0.4, -0.2) is 22.0 Å². The highest BCUT2D eigenvalue weighted by Gasteiger charge is 2.18. The number of furan rings is 1. The molecular formula is C21H19BrFN3O2. The molecular weight excluding hydrogens is 425 g/mol. The molecule has 0 saturated heterocycles. The zero-order valence-corrected chi connectivity index (χ0v) is 16.9. The summed E-state index contributed by atoms with van der Waals surface area (Å²) in [4.78, 5) is 16.0. The first-order valence-electron chi connectivity index (χ1n) is 8.92. The summed E-state index contributed by atoms with van der Waals surface area (Å²) in [5, 5.41) is 3.80. The van der Waals surface area contributed by atoms with Crippen molar-refractivity contribution in [1.29, 1.82) is 0 Å². The van der Waals surface area contributed by atoms with Gasteiger partial charge in [-0.15, -0.1) is 6.58 Å². The van der Waals surface area contributed by atoms with Crippen LogP contribution in [0.2, 0.25) is 0 Å². The molecule has 0 atom stereocenters. The number of rotatable bonds is 6. The number of carbonyl (C=O) groups is 1. The van der Waals surface area contributed by atoms with Gasteiger partial charge in [-0.25, -0.2) is 4.39 Å². The van der Waals surface area contributed by atoms with E-state index in [1.165, 1.54) is 12.1 Å². The van der Waals surface area contributed by atoms with Gasteiger partial charge in [0.25, 0.3) is 5.91 Å². The van der Waals surface area contributed by atoms with Crippen molar-refractivity contribution in [2.75, 3.05) is 6.54 Å². The van der Waals surface area contributed by atoms with Crippen LogP contribution in [0.15, 0.2) is 52.1 Å². The molecule has 0 fully saturated rings. The molecule has 4 rings (SSSR count). The van der Waals surface area contributed by atoms with E-state index >= 15 is 0 Å². The molecule has 0 aliphatic rings. The number of nitrogens with one attached hydrogen (secondary N) is 2. The number of benzene rings is 1. The number of hydrogen-bond acceptors (Lipinski definition) is 2. The average Bonchev–Trinajstić information content (AvgIpc) is 3.27. The SMILES string of the molecule is C=CCn1c(C(=O)NCCc2c(C)[nH]c3ccc(F)cc23)cc2oc(Br)cc21. The van der Waals surface area contributed by atoms with E-state index < -0.39 is 0 Å². The van der Waals surface area contributed by atoms with E-state index in [2.05, 4.69) is 32.8 Å². The average molecular weight is 444 g/mol. The number of nitrogens with zero attached hydrogens (tertiary/aromatic N) is 1. The Morgan fingerprint density at radius 3 is 3.00 bits per heavy atom. The lowest BCUT2D eigenvalue weighted by Gasteiger charge is -2.09. The zero-order chi connectivity index (χ0) is 19.8. The van der Waals surface area contributed by atoms with Crippen LogP contribution in [0.3, 0.4) is 0 Å². The van der Waals surface area contributed by atoms with Gasteiger partial charge in [0.15, 0.2) is 10.3 Å². The van der Waals surface area contributed by atoms with Crippen molar-refractivity contribution in [2.45, 2.75) is 19.9 Å². The molecule has 0 spiro atoms. The molecule has 0 aliphatic carbocycles. The van der Waals surface area contributed by atoms with Crippen molar-refractivity contribution in [2.24, 2.45) is 0 Å². The van der Waals surface area contributed by atoms with Crippen LogP contribution >= 0.6 is 15.9 Å². The highest BCUT2D eigenvalue weighted by atomic mass is 79.9. The maximum absolute atomic E-state index is 13.6. The predicted octanol–water partition coefficient (Wildman–Crippen LogP) is 5.08. The Morgan fingerprint density at radius 1 is 1.39 bits per heavy atom. The number of allylic oxidation sites excluding steroid dienone is 1. The lowest BCUT2D eigenvalue weighted by Crippen LogP contribution is -2.28. The van der Waals surface area contributed by atoms with E-state index in [9.17, 15) is 9.18 Å². The van der Waals surface area contributed by atoms with E-state index in [-0.39, 0.29) is 11.7 Å². The van der Waals surface area contributed by atoms with Gasteiger partial charge in [0, 0.05) is 41.8 Å². The number of carbonyl (C=O) groups excluding carboxylic acids is 1. The Balaban J connectivity index is 1.52. The summed E-state index contributed by atoms with van der Waals surface area (Å²) in [5.74, 6) is -0.458. The molecule has 2 N–H and O–H groups in total. The van der Waals surface area contributed by atoms with Crippen molar-refractivity contribution in [3.8, 4) is 0 Å². The second-order valence-corrected chi connectivity index (χ2v) is 7.43. The predicted molar refractivity (Wildman–Crippen MR) is 111 cm³/mol. The summed E-state index contributed by atoms with van der Waals surface area (Å²) in [5.41, 5.74) is 4.87. The minimum absolute atomic E-state index is 0.187. The molecule has 0 bridgehead atoms. The van der Waals surface area contributed by atoms with Crippen LogP contribution in [0, 0.1) is 12.7 Å². The Labute approximate surface area is 169 Å². The fourth-order valence-electron chi connectivity index (χ4n) is 3.59. The van der Waals surface area contributed by atoms with E-state index in [1.807, 2.05) is 17.6 Å². The van der Waals surface area contributed by atoms with Gasteiger partial charge in [0.05, 0.1) is 5.52 Å². The fraction of sp³-hybridized carbons (Fsp3) is 0.190. The number of hydrogen-bond donors (Lipinski definition) is 2. The fourth-order valence-corrected chi connectivity index (χ4v) is 3.99. The molecule has 1 amide bonds. The second kappa shape index (κ2) is 7.31. The molecule has 0 radical (unpaired) electrons. The number of amides is 1. The minimum Gasteiger partial charge on any atom is -0.448 e. The third-order valence-electron chi connectivity index (χ3n) is 4.85. The zero-order valence-electron chi connectivity index (χ0n) is 15.3.